The number of benzene rings is 2. The zero-order valence-electron chi connectivity index (χ0n) is 10.6. The second kappa shape index (κ2) is 4.78. The van der Waals surface area contributed by atoms with Crippen LogP contribution in [-0.2, 0) is 0 Å². The molecule has 3 aromatic rings. The third-order valence-corrected chi connectivity index (χ3v) is 3.35. The van der Waals surface area contributed by atoms with Gasteiger partial charge in [-0.15, -0.1) is 0 Å². The van der Waals surface area contributed by atoms with E-state index >= 15 is 0 Å². The Hall–Kier alpha value is -2.26. The van der Waals surface area contributed by atoms with E-state index in [1.165, 1.54) is 0 Å². The molecule has 0 aliphatic rings. The van der Waals surface area contributed by atoms with E-state index in [0.29, 0.717) is 0 Å². The summed E-state index contributed by atoms with van der Waals surface area (Å²) < 4.78 is 5.13. The average Bonchev–Trinajstić information content (AvgIpc) is 2.95. The minimum absolute atomic E-state index is 0.634. The molecule has 0 amide bonds. The van der Waals surface area contributed by atoms with Crippen LogP contribution in [0, 0.1) is 0 Å². The fourth-order valence-electron chi connectivity index (χ4n) is 2.31. The number of H-pyrrole nitrogens is 1. The largest absolute Gasteiger partial charge is 0.497 e. The maximum Gasteiger partial charge on any atom is 0.118 e. The van der Waals surface area contributed by atoms with E-state index in [4.69, 9.17) is 4.74 Å². The summed E-state index contributed by atoms with van der Waals surface area (Å²) in [6.45, 7) is 0. The molecule has 3 heteroatoms. The van der Waals surface area contributed by atoms with Gasteiger partial charge in [0.1, 0.15) is 11.9 Å². The number of ether oxygens (including phenoxy) is 1. The summed E-state index contributed by atoms with van der Waals surface area (Å²) in [4.78, 5) is 3.15. The van der Waals surface area contributed by atoms with Crippen LogP contribution in [0.1, 0.15) is 17.2 Å². The first kappa shape index (κ1) is 11.8. The number of nitrogens with one attached hydrogen (secondary N) is 1. The maximum atomic E-state index is 10.5. The van der Waals surface area contributed by atoms with Crippen molar-refractivity contribution in [2.75, 3.05) is 7.11 Å². The molecule has 0 fully saturated rings. The van der Waals surface area contributed by atoms with Crippen molar-refractivity contribution in [2.45, 2.75) is 6.10 Å². The summed E-state index contributed by atoms with van der Waals surface area (Å²) in [5.41, 5.74) is 2.79. The molecular formula is C16H15NO2. The van der Waals surface area contributed by atoms with Crippen molar-refractivity contribution >= 4 is 10.9 Å². The quantitative estimate of drug-likeness (QED) is 0.752. The lowest BCUT2D eigenvalue weighted by Crippen LogP contribution is -2.00. The lowest BCUT2D eigenvalue weighted by Gasteiger charge is -2.13. The van der Waals surface area contributed by atoms with Crippen molar-refractivity contribution in [3.05, 3.63) is 65.9 Å². The zero-order valence-corrected chi connectivity index (χ0v) is 10.6. The van der Waals surface area contributed by atoms with Crippen LogP contribution in [0.3, 0.4) is 0 Å². The summed E-state index contributed by atoms with van der Waals surface area (Å²) in [6, 6.07) is 15.4. The van der Waals surface area contributed by atoms with Crippen molar-refractivity contribution < 1.29 is 9.84 Å². The SMILES string of the molecule is COc1ccc(C(O)c2cccc3[nH]ccc23)cc1. The number of aromatic amines is 1. The van der Waals surface area contributed by atoms with E-state index in [9.17, 15) is 5.11 Å². The number of aliphatic hydroxyl groups excluding tert-OH is 1. The van der Waals surface area contributed by atoms with Gasteiger partial charge in [-0.2, -0.15) is 0 Å². The lowest BCUT2D eigenvalue weighted by molar-refractivity contribution is 0.222. The highest BCUT2D eigenvalue weighted by Crippen LogP contribution is 2.29. The standard InChI is InChI=1S/C16H15NO2/c1-19-12-7-5-11(6-8-12)16(18)14-3-2-4-15-13(14)9-10-17-15/h2-10,16-18H,1H3. The lowest BCUT2D eigenvalue weighted by atomic mass is 9.98. The van der Waals surface area contributed by atoms with Gasteiger partial charge in [0.25, 0.3) is 0 Å². The Bertz CT molecular complexity index is 685. The fraction of sp³-hybridized carbons (Fsp3) is 0.125. The van der Waals surface area contributed by atoms with E-state index in [1.807, 2.05) is 54.7 Å². The van der Waals surface area contributed by atoms with Gasteiger partial charge in [0.2, 0.25) is 0 Å². The Morgan fingerprint density at radius 2 is 1.84 bits per heavy atom. The predicted molar refractivity (Wildman–Crippen MR) is 75.4 cm³/mol. The van der Waals surface area contributed by atoms with E-state index in [0.717, 1.165) is 27.8 Å². The molecule has 0 aliphatic carbocycles. The Balaban J connectivity index is 2.02. The number of hydrogen-bond donors (Lipinski definition) is 2. The summed E-state index contributed by atoms with van der Waals surface area (Å²) in [7, 11) is 1.63. The highest BCUT2D eigenvalue weighted by molar-refractivity contribution is 5.83. The molecule has 0 bridgehead atoms. The first-order chi connectivity index (χ1) is 9.29. The molecular weight excluding hydrogens is 238 g/mol. The molecule has 1 atom stereocenters. The highest BCUT2D eigenvalue weighted by atomic mass is 16.5. The average molecular weight is 253 g/mol. The van der Waals surface area contributed by atoms with Gasteiger partial charge < -0.3 is 14.8 Å². The van der Waals surface area contributed by atoms with Gasteiger partial charge in [-0.3, -0.25) is 0 Å². The van der Waals surface area contributed by atoms with Crippen LogP contribution in [0.25, 0.3) is 10.9 Å². The molecule has 0 saturated carbocycles. The Morgan fingerprint density at radius 1 is 1.05 bits per heavy atom. The molecule has 2 aromatic carbocycles. The number of aromatic nitrogens is 1. The van der Waals surface area contributed by atoms with Gasteiger partial charge >= 0.3 is 0 Å². The molecule has 0 radical (unpaired) electrons. The van der Waals surface area contributed by atoms with Gasteiger partial charge in [-0.05, 0) is 35.4 Å². The second-order valence-electron chi connectivity index (χ2n) is 4.46. The zero-order chi connectivity index (χ0) is 13.2. The maximum absolute atomic E-state index is 10.5. The Labute approximate surface area is 111 Å². The van der Waals surface area contributed by atoms with Gasteiger partial charge in [-0.25, -0.2) is 0 Å². The first-order valence-corrected chi connectivity index (χ1v) is 6.17. The molecule has 0 aliphatic heterocycles. The number of fused-ring (bicyclic) bond motifs is 1. The van der Waals surface area contributed by atoms with Gasteiger partial charge in [0.15, 0.2) is 0 Å². The predicted octanol–water partition coefficient (Wildman–Crippen LogP) is 3.26. The summed E-state index contributed by atoms with van der Waals surface area (Å²) >= 11 is 0. The fourth-order valence-corrected chi connectivity index (χ4v) is 2.31. The van der Waals surface area contributed by atoms with Gasteiger partial charge in [-0.1, -0.05) is 24.3 Å². The molecule has 3 nitrogen and oxygen atoms in total. The summed E-state index contributed by atoms with van der Waals surface area (Å²) in [6.07, 6.45) is 1.25. The molecule has 1 aromatic heterocycles. The van der Waals surface area contributed by atoms with Crippen molar-refractivity contribution in [1.29, 1.82) is 0 Å². The molecule has 1 unspecified atom stereocenters. The minimum atomic E-state index is -0.634. The first-order valence-electron chi connectivity index (χ1n) is 6.17. The van der Waals surface area contributed by atoms with E-state index in [-0.39, 0.29) is 0 Å². The monoisotopic (exact) mass is 253 g/mol. The van der Waals surface area contributed by atoms with E-state index in [1.54, 1.807) is 7.11 Å². The number of aliphatic hydroxyl groups is 1. The normalized spacial score (nSPS) is 12.5. The third kappa shape index (κ3) is 2.09. The second-order valence-corrected chi connectivity index (χ2v) is 4.46. The van der Waals surface area contributed by atoms with Crippen molar-refractivity contribution in [2.24, 2.45) is 0 Å². The van der Waals surface area contributed by atoms with Crippen LogP contribution in [-0.4, -0.2) is 17.2 Å². The Morgan fingerprint density at radius 3 is 2.58 bits per heavy atom. The molecule has 1 heterocycles. The molecule has 19 heavy (non-hydrogen) atoms. The van der Waals surface area contributed by atoms with Crippen LogP contribution in [0.2, 0.25) is 0 Å². The summed E-state index contributed by atoms with van der Waals surface area (Å²) in [5.74, 6) is 0.788. The third-order valence-electron chi connectivity index (χ3n) is 3.35. The van der Waals surface area contributed by atoms with E-state index in [2.05, 4.69) is 4.98 Å². The van der Waals surface area contributed by atoms with Crippen molar-refractivity contribution in [3.8, 4) is 5.75 Å². The number of methoxy groups -OCH3 is 1. The number of rotatable bonds is 3. The van der Waals surface area contributed by atoms with Crippen LogP contribution in [0.5, 0.6) is 5.75 Å². The van der Waals surface area contributed by atoms with Crippen molar-refractivity contribution in [1.82, 2.24) is 4.98 Å². The van der Waals surface area contributed by atoms with Gasteiger partial charge in [0.05, 0.1) is 7.11 Å². The topological polar surface area (TPSA) is 45.2 Å². The van der Waals surface area contributed by atoms with E-state index < -0.39 is 6.10 Å². The molecule has 0 spiro atoms. The summed E-state index contributed by atoms with van der Waals surface area (Å²) in [5, 5.41) is 11.6. The smallest absolute Gasteiger partial charge is 0.118 e. The van der Waals surface area contributed by atoms with Crippen molar-refractivity contribution in [3.63, 3.8) is 0 Å². The van der Waals surface area contributed by atoms with Gasteiger partial charge in [0, 0.05) is 17.1 Å². The van der Waals surface area contributed by atoms with Crippen LogP contribution in [0.15, 0.2) is 54.7 Å². The molecule has 0 saturated heterocycles. The van der Waals surface area contributed by atoms with Crippen LogP contribution in [0.4, 0.5) is 0 Å². The molecule has 96 valence electrons. The van der Waals surface area contributed by atoms with Crippen LogP contribution >= 0.6 is 0 Å². The van der Waals surface area contributed by atoms with Crippen LogP contribution < -0.4 is 4.74 Å². The minimum Gasteiger partial charge on any atom is -0.497 e. The Kier molecular flexibility index (Phi) is 2.97. The molecule has 2 N–H and O–H groups in total. The highest BCUT2D eigenvalue weighted by Gasteiger charge is 2.13. The number of hydrogen-bond acceptors (Lipinski definition) is 2. The molecule has 3 rings (SSSR count).